The summed E-state index contributed by atoms with van der Waals surface area (Å²) < 4.78 is 13.1. The molecule has 0 bridgehead atoms. The summed E-state index contributed by atoms with van der Waals surface area (Å²) in [5.74, 6) is -0.617. The number of hydrogen-bond donors (Lipinski definition) is 3. The highest BCUT2D eigenvalue weighted by atomic mass is 35.5. The molecule has 3 aliphatic rings. The molecule has 0 aromatic heterocycles. The van der Waals surface area contributed by atoms with E-state index >= 15 is 0 Å². The molecule has 8 nitrogen and oxygen atoms in total. The molecule has 1 saturated carbocycles. The van der Waals surface area contributed by atoms with Gasteiger partial charge in [0.15, 0.2) is 0 Å². The Hall–Kier alpha value is -3.01. The Bertz CT molecular complexity index is 1260. The second-order valence-corrected chi connectivity index (χ2v) is 12.4. The maximum atomic E-state index is 13.7. The lowest BCUT2D eigenvalue weighted by molar-refractivity contribution is -0.163. The van der Waals surface area contributed by atoms with E-state index in [-0.39, 0.29) is 42.4 Å². The van der Waals surface area contributed by atoms with Gasteiger partial charge < -0.3 is 20.6 Å². The predicted molar refractivity (Wildman–Crippen MR) is 166 cm³/mol. The molecule has 43 heavy (non-hydrogen) atoms. The van der Waals surface area contributed by atoms with E-state index in [1.165, 1.54) is 12.1 Å². The average molecular weight is 615 g/mol. The standard InChI is InChI=1S/C33H43FN4O4.ClH/c1-2-3-18-38-30(40)28(22-32(42)14-4-5-15-32)36-31(41)33(38)16-19-37(20-17-33)23-25-8-12-27(13-9-25)35-29(39)21-24-6-10-26(34)11-7-24;/h6-13,28,42H,2-5,14-23H2,1H3,(H,35,39)(H,36,41);1H/t28-;/m1./s1. The fourth-order valence-corrected chi connectivity index (χ4v) is 6.79. The van der Waals surface area contributed by atoms with Gasteiger partial charge in [-0.3, -0.25) is 19.3 Å². The second-order valence-electron chi connectivity index (χ2n) is 12.4. The molecule has 2 aliphatic heterocycles. The number of nitrogens with zero attached hydrogens (tertiary/aromatic N) is 2. The highest BCUT2D eigenvalue weighted by Crippen LogP contribution is 2.38. The first-order chi connectivity index (χ1) is 20.2. The van der Waals surface area contributed by atoms with E-state index in [2.05, 4.69) is 22.5 Å². The molecule has 0 radical (unpaired) electrons. The number of hydrogen-bond acceptors (Lipinski definition) is 5. The summed E-state index contributed by atoms with van der Waals surface area (Å²) in [4.78, 5) is 43.9. The zero-order valence-corrected chi connectivity index (χ0v) is 25.8. The molecular weight excluding hydrogens is 571 g/mol. The quantitative estimate of drug-likeness (QED) is 0.364. The van der Waals surface area contributed by atoms with Gasteiger partial charge in [0.2, 0.25) is 17.7 Å². The SMILES string of the molecule is CCCCN1C(=O)[C@@H](CC2(O)CCCC2)NC(=O)C12CCN(Cc1ccc(NC(=O)Cc3ccc(F)cc3)cc1)CC2.Cl. The van der Waals surface area contributed by atoms with Gasteiger partial charge in [-0.05, 0) is 67.5 Å². The summed E-state index contributed by atoms with van der Waals surface area (Å²) in [6.45, 7) is 4.74. The van der Waals surface area contributed by atoms with Gasteiger partial charge in [0.25, 0.3) is 0 Å². The number of amides is 3. The summed E-state index contributed by atoms with van der Waals surface area (Å²) in [5.41, 5.74) is 0.843. The van der Waals surface area contributed by atoms with Crippen molar-refractivity contribution in [1.29, 1.82) is 0 Å². The number of halogens is 2. The lowest BCUT2D eigenvalue weighted by atomic mass is 9.80. The van der Waals surface area contributed by atoms with E-state index in [1.54, 1.807) is 12.1 Å². The van der Waals surface area contributed by atoms with Crippen LogP contribution in [0.25, 0.3) is 0 Å². The van der Waals surface area contributed by atoms with Crippen molar-refractivity contribution in [3.63, 3.8) is 0 Å². The van der Waals surface area contributed by atoms with E-state index in [0.717, 1.165) is 36.8 Å². The van der Waals surface area contributed by atoms with Crippen molar-refractivity contribution in [2.75, 3.05) is 25.0 Å². The molecule has 1 atom stereocenters. The first kappa shape index (κ1) is 32.9. The summed E-state index contributed by atoms with van der Waals surface area (Å²) in [6, 6.07) is 13.0. The summed E-state index contributed by atoms with van der Waals surface area (Å²) in [6.07, 6.45) is 6.68. The van der Waals surface area contributed by atoms with Gasteiger partial charge in [-0.2, -0.15) is 0 Å². The third-order valence-electron chi connectivity index (χ3n) is 9.27. The molecular formula is C33H44ClFN4O4. The number of nitrogens with one attached hydrogen (secondary N) is 2. The Kier molecular flexibility index (Phi) is 10.8. The summed E-state index contributed by atoms with van der Waals surface area (Å²) >= 11 is 0. The van der Waals surface area contributed by atoms with E-state index in [1.807, 2.05) is 29.2 Å². The Balaban J connectivity index is 0.00000423. The topological polar surface area (TPSA) is 102 Å². The first-order valence-corrected chi connectivity index (χ1v) is 15.4. The van der Waals surface area contributed by atoms with Crippen LogP contribution in [0.3, 0.4) is 0 Å². The van der Waals surface area contributed by atoms with Crippen LogP contribution in [0.5, 0.6) is 0 Å². The molecule has 0 unspecified atom stereocenters. The van der Waals surface area contributed by atoms with Gasteiger partial charge in [-0.15, -0.1) is 12.4 Å². The van der Waals surface area contributed by atoms with Crippen LogP contribution in [-0.4, -0.2) is 69.4 Å². The van der Waals surface area contributed by atoms with Crippen LogP contribution in [0.1, 0.15) is 75.8 Å². The van der Waals surface area contributed by atoms with E-state index in [4.69, 9.17) is 0 Å². The van der Waals surface area contributed by atoms with Gasteiger partial charge in [0, 0.05) is 38.3 Å². The number of benzene rings is 2. The third-order valence-corrected chi connectivity index (χ3v) is 9.27. The molecule has 2 heterocycles. The summed E-state index contributed by atoms with van der Waals surface area (Å²) in [7, 11) is 0. The number of piperazine rings is 1. The number of piperidine rings is 1. The molecule has 1 aliphatic carbocycles. The fraction of sp³-hybridized carbons (Fsp3) is 0.545. The van der Waals surface area contributed by atoms with Crippen LogP contribution in [0.15, 0.2) is 48.5 Å². The lowest BCUT2D eigenvalue weighted by Crippen LogP contribution is -2.73. The van der Waals surface area contributed by atoms with Crippen molar-refractivity contribution < 1.29 is 23.9 Å². The van der Waals surface area contributed by atoms with Gasteiger partial charge in [-0.25, -0.2) is 4.39 Å². The van der Waals surface area contributed by atoms with Crippen molar-refractivity contribution in [1.82, 2.24) is 15.1 Å². The van der Waals surface area contributed by atoms with Crippen molar-refractivity contribution in [3.8, 4) is 0 Å². The number of carbonyl (C=O) groups is 3. The highest BCUT2D eigenvalue weighted by Gasteiger charge is 2.54. The minimum atomic E-state index is -0.862. The Morgan fingerprint density at radius 3 is 2.26 bits per heavy atom. The monoisotopic (exact) mass is 614 g/mol. The lowest BCUT2D eigenvalue weighted by Gasteiger charge is -2.52. The molecule has 3 fully saturated rings. The van der Waals surface area contributed by atoms with E-state index in [0.29, 0.717) is 64.0 Å². The van der Waals surface area contributed by atoms with Crippen molar-refractivity contribution in [3.05, 3.63) is 65.5 Å². The number of rotatable bonds is 10. The molecule has 5 rings (SSSR count). The Morgan fingerprint density at radius 1 is 1.00 bits per heavy atom. The molecule has 234 valence electrons. The van der Waals surface area contributed by atoms with Crippen molar-refractivity contribution in [2.45, 2.75) is 94.9 Å². The van der Waals surface area contributed by atoms with Crippen LogP contribution in [0.4, 0.5) is 10.1 Å². The van der Waals surface area contributed by atoms with Crippen LogP contribution in [0, 0.1) is 5.82 Å². The number of anilines is 1. The Labute approximate surface area is 259 Å². The maximum Gasteiger partial charge on any atom is 0.246 e. The van der Waals surface area contributed by atoms with Crippen LogP contribution in [0.2, 0.25) is 0 Å². The largest absolute Gasteiger partial charge is 0.390 e. The Morgan fingerprint density at radius 2 is 1.63 bits per heavy atom. The minimum Gasteiger partial charge on any atom is -0.390 e. The minimum absolute atomic E-state index is 0. The average Bonchev–Trinajstić information content (AvgIpc) is 3.41. The smallest absolute Gasteiger partial charge is 0.246 e. The zero-order chi connectivity index (χ0) is 29.7. The van der Waals surface area contributed by atoms with Crippen LogP contribution in [-0.2, 0) is 27.3 Å². The predicted octanol–water partition coefficient (Wildman–Crippen LogP) is 4.59. The number of carbonyl (C=O) groups excluding carboxylic acids is 3. The van der Waals surface area contributed by atoms with E-state index in [9.17, 15) is 23.9 Å². The number of likely N-dealkylation sites (tertiary alicyclic amines) is 1. The highest BCUT2D eigenvalue weighted by molar-refractivity contribution is 6.00. The summed E-state index contributed by atoms with van der Waals surface area (Å²) in [5, 5.41) is 16.9. The molecule has 10 heteroatoms. The fourth-order valence-electron chi connectivity index (χ4n) is 6.79. The molecule has 3 N–H and O–H groups in total. The first-order valence-electron chi connectivity index (χ1n) is 15.4. The van der Waals surface area contributed by atoms with Gasteiger partial charge in [0.1, 0.15) is 17.4 Å². The number of aliphatic hydroxyl groups is 1. The molecule has 2 aromatic rings. The second kappa shape index (κ2) is 14.2. The molecule has 2 aromatic carbocycles. The molecule has 1 spiro atoms. The normalized spacial score (nSPS) is 21.4. The van der Waals surface area contributed by atoms with Gasteiger partial charge in [-0.1, -0.05) is 50.5 Å². The molecule has 2 saturated heterocycles. The van der Waals surface area contributed by atoms with Crippen molar-refractivity contribution in [2.24, 2.45) is 0 Å². The number of unbranched alkanes of at least 4 members (excludes halogenated alkanes) is 1. The van der Waals surface area contributed by atoms with Crippen molar-refractivity contribution >= 4 is 35.8 Å². The maximum absolute atomic E-state index is 13.7. The van der Waals surface area contributed by atoms with Crippen LogP contribution >= 0.6 is 12.4 Å². The van der Waals surface area contributed by atoms with E-state index < -0.39 is 17.2 Å². The van der Waals surface area contributed by atoms with Gasteiger partial charge in [0.05, 0.1) is 12.0 Å². The zero-order valence-electron chi connectivity index (χ0n) is 24.9. The molecule has 3 amide bonds. The van der Waals surface area contributed by atoms with Crippen LogP contribution < -0.4 is 10.6 Å². The third kappa shape index (κ3) is 7.75. The van der Waals surface area contributed by atoms with Gasteiger partial charge >= 0.3 is 0 Å².